The number of carboxylic acids is 1. The molecule has 0 unspecified atom stereocenters. The highest BCUT2D eigenvalue weighted by atomic mass is 35.5. The molecular weight excluding hydrogens is 205 g/mol. The zero-order chi connectivity index (χ0) is 9.82. The summed E-state index contributed by atoms with van der Waals surface area (Å²) in [5.41, 5.74) is 0. The number of hydrogen-bond acceptors (Lipinski definition) is 3. The number of nitrogens with one attached hydrogen (secondary N) is 1. The minimum atomic E-state index is -1.19. The number of aliphatic hydroxyl groups is 1. The van der Waals surface area contributed by atoms with E-state index in [4.69, 9.17) is 38.2 Å². The van der Waals surface area contributed by atoms with Crippen molar-refractivity contribution in [3.8, 4) is 0 Å². The highest BCUT2D eigenvalue weighted by Crippen LogP contribution is 1.71. The van der Waals surface area contributed by atoms with Crippen molar-refractivity contribution >= 4 is 29.2 Å². The van der Waals surface area contributed by atoms with E-state index >= 15 is 0 Å². The van der Waals surface area contributed by atoms with Crippen LogP contribution in [0.25, 0.3) is 0 Å². The molecule has 0 heterocycles. The van der Waals surface area contributed by atoms with Gasteiger partial charge in [0, 0.05) is 24.8 Å². The first-order chi connectivity index (χ1) is 5.68. The summed E-state index contributed by atoms with van der Waals surface area (Å²) in [7, 11) is 0. The van der Waals surface area contributed by atoms with Gasteiger partial charge in [-0.05, 0) is 0 Å². The molecule has 0 aromatic rings. The van der Waals surface area contributed by atoms with Gasteiger partial charge in [0.05, 0.1) is 0 Å². The van der Waals surface area contributed by atoms with Crippen molar-refractivity contribution < 1.29 is 15.0 Å². The van der Waals surface area contributed by atoms with Crippen LogP contribution >= 0.6 is 23.2 Å². The fraction of sp³-hybridized carbons (Fsp3) is 0.833. The smallest absolute Gasteiger partial charge is 0.329 e. The number of aliphatic hydroxyl groups excluding tert-OH is 1. The zero-order valence-corrected chi connectivity index (χ0v) is 8.11. The van der Waals surface area contributed by atoms with Gasteiger partial charge in [-0.3, -0.25) is 0 Å². The molecule has 0 fully saturated rings. The molecule has 4 nitrogen and oxygen atoms in total. The lowest BCUT2D eigenvalue weighted by molar-refractivity contribution is -0.140. The van der Waals surface area contributed by atoms with Crippen molar-refractivity contribution in [3.63, 3.8) is 0 Å². The SMILES string of the molecule is ClCCNCCCl.O=C(O)CO. The Morgan fingerprint density at radius 3 is 1.75 bits per heavy atom. The summed E-state index contributed by atoms with van der Waals surface area (Å²) < 4.78 is 0. The fourth-order valence-corrected chi connectivity index (χ4v) is 0.526. The third kappa shape index (κ3) is 22.5. The Morgan fingerprint density at radius 2 is 1.58 bits per heavy atom. The van der Waals surface area contributed by atoms with Gasteiger partial charge in [0.2, 0.25) is 0 Å². The van der Waals surface area contributed by atoms with Crippen LogP contribution in [-0.4, -0.2) is 47.6 Å². The molecule has 0 amide bonds. The van der Waals surface area contributed by atoms with Crippen molar-refractivity contribution in [1.82, 2.24) is 5.32 Å². The van der Waals surface area contributed by atoms with E-state index in [9.17, 15) is 0 Å². The van der Waals surface area contributed by atoms with Gasteiger partial charge in [0.25, 0.3) is 0 Å². The van der Waals surface area contributed by atoms with Crippen LogP contribution in [0.4, 0.5) is 0 Å². The molecule has 0 radical (unpaired) electrons. The van der Waals surface area contributed by atoms with Crippen LogP contribution in [0.15, 0.2) is 0 Å². The maximum absolute atomic E-state index is 9.12. The van der Waals surface area contributed by atoms with E-state index < -0.39 is 12.6 Å². The van der Waals surface area contributed by atoms with Crippen molar-refractivity contribution in [2.24, 2.45) is 0 Å². The second kappa shape index (κ2) is 13.6. The quantitative estimate of drug-likeness (QED) is 0.452. The molecule has 0 bridgehead atoms. The Morgan fingerprint density at radius 1 is 1.25 bits per heavy atom. The van der Waals surface area contributed by atoms with Gasteiger partial charge < -0.3 is 15.5 Å². The van der Waals surface area contributed by atoms with E-state index in [0.29, 0.717) is 11.8 Å². The third-order valence-electron chi connectivity index (χ3n) is 0.678. The van der Waals surface area contributed by atoms with E-state index in [1.165, 1.54) is 0 Å². The predicted molar refractivity (Wildman–Crippen MR) is 49.0 cm³/mol. The van der Waals surface area contributed by atoms with Crippen LogP contribution in [0.1, 0.15) is 0 Å². The van der Waals surface area contributed by atoms with E-state index in [1.807, 2.05) is 0 Å². The molecule has 74 valence electrons. The third-order valence-corrected chi connectivity index (χ3v) is 1.06. The molecule has 6 heteroatoms. The second-order valence-corrected chi connectivity index (χ2v) is 2.44. The first kappa shape index (κ1) is 14.5. The molecular formula is C6H13Cl2NO3. The van der Waals surface area contributed by atoms with Gasteiger partial charge in [0.1, 0.15) is 6.61 Å². The topological polar surface area (TPSA) is 69.6 Å². The van der Waals surface area contributed by atoms with E-state index in [0.717, 1.165) is 13.1 Å². The lowest BCUT2D eigenvalue weighted by atomic mass is 10.7. The summed E-state index contributed by atoms with van der Waals surface area (Å²) in [6, 6.07) is 0. The van der Waals surface area contributed by atoms with Crippen molar-refractivity contribution in [2.75, 3.05) is 31.5 Å². The Hall–Kier alpha value is -0.0300. The molecule has 0 aliphatic heterocycles. The molecule has 0 atom stereocenters. The Balaban J connectivity index is 0. The highest BCUT2D eigenvalue weighted by Gasteiger charge is 1.82. The highest BCUT2D eigenvalue weighted by molar-refractivity contribution is 6.18. The fourth-order valence-electron chi connectivity index (χ4n) is 0.259. The van der Waals surface area contributed by atoms with Gasteiger partial charge in [-0.2, -0.15) is 0 Å². The lowest BCUT2D eigenvalue weighted by Gasteiger charge is -1.93. The molecule has 0 saturated carbocycles. The summed E-state index contributed by atoms with van der Waals surface area (Å²) in [4.78, 5) is 9.12. The largest absolute Gasteiger partial charge is 0.480 e. The Bertz CT molecular complexity index is 98.8. The minimum Gasteiger partial charge on any atom is -0.480 e. The summed E-state index contributed by atoms with van der Waals surface area (Å²) in [5, 5.41) is 18.0. The number of rotatable bonds is 5. The van der Waals surface area contributed by atoms with Gasteiger partial charge in [-0.1, -0.05) is 0 Å². The Kier molecular flexibility index (Phi) is 16.4. The molecule has 0 spiro atoms. The van der Waals surface area contributed by atoms with Crippen LogP contribution in [0.2, 0.25) is 0 Å². The van der Waals surface area contributed by atoms with Crippen molar-refractivity contribution in [3.05, 3.63) is 0 Å². The van der Waals surface area contributed by atoms with Crippen LogP contribution in [0.3, 0.4) is 0 Å². The summed E-state index contributed by atoms with van der Waals surface area (Å²) in [5.74, 6) is 0.137. The minimum absolute atomic E-state index is 0.664. The van der Waals surface area contributed by atoms with Crippen LogP contribution in [0, 0.1) is 0 Å². The number of hydrogen-bond donors (Lipinski definition) is 3. The first-order valence-electron chi connectivity index (χ1n) is 3.34. The van der Waals surface area contributed by atoms with Crippen LogP contribution < -0.4 is 5.32 Å². The van der Waals surface area contributed by atoms with Gasteiger partial charge in [-0.25, -0.2) is 4.79 Å². The molecule has 3 N–H and O–H groups in total. The number of aliphatic carboxylic acids is 1. The monoisotopic (exact) mass is 217 g/mol. The molecule has 0 aromatic heterocycles. The van der Waals surface area contributed by atoms with Gasteiger partial charge >= 0.3 is 5.97 Å². The van der Waals surface area contributed by atoms with Crippen molar-refractivity contribution in [1.29, 1.82) is 0 Å². The normalized spacial score (nSPS) is 8.58. The van der Waals surface area contributed by atoms with E-state index in [1.54, 1.807) is 0 Å². The maximum Gasteiger partial charge on any atom is 0.329 e. The Labute approximate surface area is 81.5 Å². The summed E-state index contributed by atoms with van der Waals surface area (Å²) in [6.07, 6.45) is 0. The van der Waals surface area contributed by atoms with E-state index in [-0.39, 0.29) is 0 Å². The standard InChI is InChI=1S/C4H9Cl2N.C2H4O3/c5-1-3-7-4-2-6;3-1-2(4)5/h7H,1-4H2;3H,1H2,(H,4,5). The molecule has 0 saturated heterocycles. The van der Waals surface area contributed by atoms with Gasteiger partial charge in [-0.15, -0.1) is 23.2 Å². The zero-order valence-electron chi connectivity index (χ0n) is 6.59. The average molecular weight is 218 g/mol. The number of carbonyl (C=O) groups is 1. The molecule has 12 heavy (non-hydrogen) atoms. The second-order valence-electron chi connectivity index (χ2n) is 1.68. The first-order valence-corrected chi connectivity index (χ1v) is 4.41. The van der Waals surface area contributed by atoms with Gasteiger partial charge in [0.15, 0.2) is 0 Å². The number of alkyl halides is 2. The average Bonchev–Trinajstić information content (AvgIpc) is 2.07. The lowest BCUT2D eigenvalue weighted by Crippen LogP contribution is -2.18. The maximum atomic E-state index is 9.12. The summed E-state index contributed by atoms with van der Waals surface area (Å²) in [6.45, 7) is 0.933. The molecule has 0 aliphatic carbocycles. The number of carboxylic acid groups (broad SMARTS) is 1. The molecule has 0 rings (SSSR count). The predicted octanol–water partition coefficient (Wildman–Crippen LogP) is 0.117. The van der Waals surface area contributed by atoms with Crippen molar-refractivity contribution in [2.45, 2.75) is 0 Å². The van der Waals surface area contributed by atoms with E-state index in [2.05, 4.69) is 5.32 Å². The van der Waals surface area contributed by atoms with Crippen LogP contribution in [-0.2, 0) is 4.79 Å². The van der Waals surface area contributed by atoms with Crippen LogP contribution in [0.5, 0.6) is 0 Å². The summed E-state index contributed by atoms with van der Waals surface area (Å²) >= 11 is 10.7. The molecule has 0 aromatic carbocycles. The number of halogens is 2. The molecule has 0 aliphatic rings.